The van der Waals surface area contributed by atoms with Crippen LogP contribution in [0, 0.1) is 0 Å². The van der Waals surface area contributed by atoms with Crippen LogP contribution in [0.4, 0.5) is 0 Å². The summed E-state index contributed by atoms with van der Waals surface area (Å²) in [6, 6.07) is 12.8. The highest BCUT2D eigenvalue weighted by Crippen LogP contribution is 2.18. The van der Waals surface area contributed by atoms with E-state index < -0.39 is 6.04 Å². The average molecular weight is 388 g/mol. The SMILES string of the molecule is CCN(CC(=O)NCc1cccs1)C(=O)CC(NC(C)=O)c1ccccc1. The molecule has 0 saturated heterocycles. The van der Waals surface area contributed by atoms with Gasteiger partial charge in [0.1, 0.15) is 0 Å². The van der Waals surface area contributed by atoms with E-state index in [-0.39, 0.29) is 30.7 Å². The molecule has 0 fully saturated rings. The van der Waals surface area contributed by atoms with Crippen LogP contribution in [-0.2, 0) is 20.9 Å². The van der Waals surface area contributed by atoms with Gasteiger partial charge >= 0.3 is 0 Å². The van der Waals surface area contributed by atoms with Gasteiger partial charge in [0.05, 0.1) is 25.6 Å². The highest BCUT2D eigenvalue weighted by Gasteiger charge is 2.22. The Morgan fingerprint density at radius 1 is 1.11 bits per heavy atom. The summed E-state index contributed by atoms with van der Waals surface area (Å²) in [7, 11) is 0. The first-order chi connectivity index (χ1) is 13.0. The molecule has 1 aromatic heterocycles. The predicted octanol–water partition coefficient (Wildman–Crippen LogP) is 2.48. The van der Waals surface area contributed by atoms with Crippen LogP contribution in [0.3, 0.4) is 0 Å². The highest BCUT2D eigenvalue weighted by molar-refractivity contribution is 7.09. The third-order valence-electron chi connectivity index (χ3n) is 4.07. The molecule has 0 bridgehead atoms. The Labute approximate surface area is 163 Å². The summed E-state index contributed by atoms with van der Waals surface area (Å²) < 4.78 is 0. The first kappa shape index (κ1) is 20.6. The van der Waals surface area contributed by atoms with Gasteiger partial charge in [0, 0.05) is 18.3 Å². The van der Waals surface area contributed by atoms with Crippen molar-refractivity contribution in [1.29, 1.82) is 0 Å². The van der Waals surface area contributed by atoms with Gasteiger partial charge in [0.15, 0.2) is 0 Å². The summed E-state index contributed by atoms with van der Waals surface area (Å²) in [6.07, 6.45) is 0.107. The van der Waals surface area contributed by atoms with Crippen molar-refractivity contribution in [2.45, 2.75) is 32.9 Å². The van der Waals surface area contributed by atoms with Crippen molar-refractivity contribution in [3.63, 3.8) is 0 Å². The van der Waals surface area contributed by atoms with Crippen molar-refractivity contribution in [3.05, 3.63) is 58.3 Å². The van der Waals surface area contributed by atoms with Gasteiger partial charge in [-0.1, -0.05) is 36.4 Å². The number of likely N-dealkylation sites (N-methyl/N-ethyl adjacent to an activating group) is 1. The van der Waals surface area contributed by atoms with Gasteiger partial charge in [-0.3, -0.25) is 14.4 Å². The Hall–Kier alpha value is -2.67. The second kappa shape index (κ2) is 10.5. The summed E-state index contributed by atoms with van der Waals surface area (Å²) in [6.45, 7) is 4.15. The minimum Gasteiger partial charge on any atom is -0.350 e. The maximum absolute atomic E-state index is 12.7. The first-order valence-electron chi connectivity index (χ1n) is 8.88. The molecule has 27 heavy (non-hydrogen) atoms. The number of hydrogen-bond donors (Lipinski definition) is 2. The third kappa shape index (κ3) is 6.86. The van der Waals surface area contributed by atoms with Crippen LogP contribution in [0.5, 0.6) is 0 Å². The molecule has 0 aliphatic carbocycles. The molecule has 1 aromatic carbocycles. The number of hydrogen-bond acceptors (Lipinski definition) is 4. The maximum Gasteiger partial charge on any atom is 0.239 e. The molecular formula is C20H25N3O3S. The summed E-state index contributed by atoms with van der Waals surface area (Å²) in [4.78, 5) is 39.0. The van der Waals surface area contributed by atoms with Crippen LogP contribution in [-0.4, -0.2) is 35.7 Å². The topological polar surface area (TPSA) is 78.5 Å². The minimum absolute atomic E-state index is 0.00227. The Morgan fingerprint density at radius 3 is 2.44 bits per heavy atom. The Morgan fingerprint density at radius 2 is 1.85 bits per heavy atom. The van der Waals surface area contributed by atoms with Gasteiger partial charge in [-0.05, 0) is 23.9 Å². The zero-order chi connectivity index (χ0) is 19.6. The lowest BCUT2D eigenvalue weighted by atomic mass is 10.0. The number of carbonyl (C=O) groups excluding carboxylic acids is 3. The van der Waals surface area contributed by atoms with Crippen molar-refractivity contribution in [3.8, 4) is 0 Å². The lowest BCUT2D eigenvalue weighted by Gasteiger charge is -2.24. The van der Waals surface area contributed by atoms with Gasteiger partial charge in [0.25, 0.3) is 0 Å². The molecule has 6 nitrogen and oxygen atoms in total. The second-order valence-electron chi connectivity index (χ2n) is 6.13. The summed E-state index contributed by atoms with van der Waals surface area (Å²) >= 11 is 1.57. The largest absolute Gasteiger partial charge is 0.350 e. The fourth-order valence-electron chi connectivity index (χ4n) is 2.69. The van der Waals surface area contributed by atoms with Crippen molar-refractivity contribution in [1.82, 2.24) is 15.5 Å². The molecule has 1 heterocycles. The molecule has 0 aliphatic heterocycles. The normalized spacial score (nSPS) is 11.5. The Bertz CT molecular complexity index is 747. The molecule has 0 radical (unpaired) electrons. The fraction of sp³-hybridized carbons (Fsp3) is 0.350. The Balaban J connectivity index is 1.94. The van der Waals surface area contributed by atoms with E-state index in [4.69, 9.17) is 0 Å². The van der Waals surface area contributed by atoms with Crippen molar-refractivity contribution < 1.29 is 14.4 Å². The number of amides is 3. The van der Waals surface area contributed by atoms with Crippen molar-refractivity contribution in [2.24, 2.45) is 0 Å². The minimum atomic E-state index is -0.417. The Kier molecular flexibility index (Phi) is 8.00. The molecule has 2 aromatic rings. The summed E-state index contributed by atoms with van der Waals surface area (Å²) in [5.74, 6) is -0.575. The van der Waals surface area contributed by atoms with Crippen LogP contribution in [0.1, 0.15) is 36.8 Å². The van der Waals surface area contributed by atoms with Crippen molar-refractivity contribution in [2.75, 3.05) is 13.1 Å². The van der Waals surface area contributed by atoms with E-state index in [1.54, 1.807) is 11.3 Å². The zero-order valence-electron chi connectivity index (χ0n) is 15.6. The van der Waals surface area contributed by atoms with Crippen LogP contribution < -0.4 is 10.6 Å². The fourth-order valence-corrected chi connectivity index (χ4v) is 3.34. The smallest absolute Gasteiger partial charge is 0.239 e. The van der Waals surface area contributed by atoms with Crippen molar-refractivity contribution >= 4 is 29.1 Å². The number of benzene rings is 1. The lowest BCUT2D eigenvalue weighted by molar-refractivity contribution is -0.136. The van der Waals surface area contributed by atoms with Gasteiger partial charge in [-0.15, -0.1) is 11.3 Å². The number of nitrogens with one attached hydrogen (secondary N) is 2. The molecule has 0 spiro atoms. The summed E-state index contributed by atoms with van der Waals surface area (Å²) in [5.41, 5.74) is 0.860. The lowest BCUT2D eigenvalue weighted by Crippen LogP contribution is -2.42. The van der Waals surface area contributed by atoms with E-state index in [1.165, 1.54) is 11.8 Å². The number of thiophene rings is 1. The quantitative estimate of drug-likeness (QED) is 0.694. The highest BCUT2D eigenvalue weighted by atomic mass is 32.1. The first-order valence-corrected chi connectivity index (χ1v) is 9.76. The molecule has 0 saturated carbocycles. The van der Waals surface area contributed by atoms with E-state index in [0.717, 1.165) is 10.4 Å². The molecule has 7 heteroatoms. The van der Waals surface area contributed by atoms with Gasteiger partial charge in [-0.2, -0.15) is 0 Å². The van der Waals surface area contributed by atoms with Gasteiger partial charge in [-0.25, -0.2) is 0 Å². The molecule has 3 amide bonds. The van der Waals surface area contributed by atoms with E-state index in [2.05, 4.69) is 10.6 Å². The van der Waals surface area contributed by atoms with E-state index >= 15 is 0 Å². The standard InChI is InChI=1S/C20H25N3O3S/c1-3-23(14-19(25)21-13-17-10-7-11-27-17)20(26)12-18(22-15(2)24)16-8-5-4-6-9-16/h4-11,18H,3,12-14H2,1-2H3,(H,21,25)(H,22,24). The number of rotatable bonds is 9. The maximum atomic E-state index is 12.7. The van der Waals surface area contributed by atoms with E-state index in [9.17, 15) is 14.4 Å². The van der Waals surface area contributed by atoms with Gasteiger partial charge < -0.3 is 15.5 Å². The molecule has 144 valence electrons. The molecule has 1 atom stereocenters. The van der Waals surface area contributed by atoms with Gasteiger partial charge in [0.2, 0.25) is 17.7 Å². The van der Waals surface area contributed by atoms with Crippen LogP contribution >= 0.6 is 11.3 Å². The summed E-state index contributed by atoms with van der Waals surface area (Å²) in [5, 5.41) is 7.60. The molecule has 1 unspecified atom stereocenters. The molecular weight excluding hydrogens is 362 g/mol. The molecule has 0 aliphatic rings. The monoisotopic (exact) mass is 387 g/mol. The van der Waals surface area contributed by atoms with Crippen LogP contribution in [0.2, 0.25) is 0 Å². The van der Waals surface area contributed by atoms with E-state index in [0.29, 0.717) is 13.1 Å². The second-order valence-corrected chi connectivity index (χ2v) is 7.16. The molecule has 2 rings (SSSR count). The van der Waals surface area contributed by atoms with E-state index in [1.807, 2.05) is 54.8 Å². The number of nitrogens with zero attached hydrogens (tertiary/aromatic N) is 1. The number of carbonyl (C=O) groups is 3. The average Bonchev–Trinajstić information content (AvgIpc) is 3.17. The third-order valence-corrected chi connectivity index (χ3v) is 4.94. The zero-order valence-corrected chi connectivity index (χ0v) is 16.4. The predicted molar refractivity (Wildman–Crippen MR) is 106 cm³/mol. The van der Waals surface area contributed by atoms with Crippen LogP contribution in [0.25, 0.3) is 0 Å². The van der Waals surface area contributed by atoms with Crippen LogP contribution in [0.15, 0.2) is 47.8 Å². The molecule has 2 N–H and O–H groups in total.